The van der Waals surface area contributed by atoms with Crippen LogP contribution in [0.2, 0.25) is 5.02 Å². The van der Waals surface area contributed by atoms with E-state index >= 15 is 0 Å². The number of carbonyl (C=O) groups is 1. The zero-order chi connectivity index (χ0) is 29.5. The summed E-state index contributed by atoms with van der Waals surface area (Å²) in [5, 5.41) is 12.8. The molecule has 0 aliphatic heterocycles. The molecule has 1 aromatic heterocycles. The predicted molar refractivity (Wildman–Crippen MR) is 151 cm³/mol. The van der Waals surface area contributed by atoms with Crippen molar-refractivity contribution in [1.29, 1.82) is 0 Å². The molecule has 2 N–H and O–H groups in total. The van der Waals surface area contributed by atoms with E-state index in [1.807, 2.05) is 6.07 Å². The third-order valence-electron chi connectivity index (χ3n) is 7.43. The van der Waals surface area contributed by atoms with E-state index in [0.717, 1.165) is 35.5 Å². The van der Waals surface area contributed by atoms with E-state index in [9.17, 15) is 31.8 Å². The summed E-state index contributed by atoms with van der Waals surface area (Å²) >= 11 is 3.59. The topological polar surface area (TPSA) is 94.4 Å². The summed E-state index contributed by atoms with van der Waals surface area (Å²) in [7, 11) is 0. The Morgan fingerprint density at radius 1 is 1.10 bits per heavy atom. The van der Waals surface area contributed by atoms with Gasteiger partial charge in [-0.2, -0.15) is 13.2 Å². The summed E-state index contributed by atoms with van der Waals surface area (Å²) in [5.41, 5.74) is 2.45. The third-order valence-corrected chi connectivity index (χ3v) is 8.51. The van der Waals surface area contributed by atoms with Crippen LogP contribution in [0.5, 0.6) is 0 Å². The minimum atomic E-state index is -4.54. The van der Waals surface area contributed by atoms with Gasteiger partial charge in [-0.3, -0.25) is 9.00 Å². The first-order valence-corrected chi connectivity index (χ1v) is 14.6. The molecule has 0 radical (unpaired) electrons. The molecule has 1 amide bonds. The third kappa shape index (κ3) is 6.35. The molecule has 0 bridgehead atoms. The zero-order valence-corrected chi connectivity index (χ0v) is 23.5. The van der Waals surface area contributed by atoms with Gasteiger partial charge in [0.25, 0.3) is 5.91 Å². The van der Waals surface area contributed by atoms with Gasteiger partial charge in [-0.15, -0.1) is 0 Å². The van der Waals surface area contributed by atoms with Crippen LogP contribution in [0.4, 0.5) is 13.2 Å². The number of carbonyl (C=O) groups excluding carboxylic acids is 1. The van der Waals surface area contributed by atoms with Crippen LogP contribution in [0, 0.1) is 0 Å². The minimum Gasteiger partial charge on any atom is -0.772 e. The molecule has 1 heterocycles. The maximum Gasteiger partial charge on any atom is 0.416 e. The van der Waals surface area contributed by atoms with Crippen molar-refractivity contribution in [3.05, 3.63) is 105 Å². The molecule has 1 fully saturated rings. The van der Waals surface area contributed by atoms with Crippen molar-refractivity contribution < 1.29 is 31.8 Å². The largest absolute Gasteiger partial charge is 0.772 e. The molecule has 3 aromatic carbocycles. The van der Waals surface area contributed by atoms with Gasteiger partial charge in [-0.1, -0.05) is 41.9 Å². The number of benzene rings is 3. The highest BCUT2D eigenvalue weighted by Gasteiger charge is 2.34. The number of nitrogens with zero attached hydrogens (tertiary/aromatic N) is 1. The lowest BCUT2D eigenvalue weighted by molar-refractivity contribution is -0.138. The first kappa shape index (κ1) is 29.3. The van der Waals surface area contributed by atoms with E-state index < -0.39 is 40.0 Å². The molecule has 1 aliphatic carbocycles. The smallest absolute Gasteiger partial charge is 0.416 e. The Morgan fingerprint density at radius 3 is 2.39 bits per heavy atom. The summed E-state index contributed by atoms with van der Waals surface area (Å²) in [6, 6.07) is 16.9. The average molecular weight is 604 g/mol. The van der Waals surface area contributed by atoms with Crippen LogP contribution >= 0.6 is 11.6 Å². The number of halogens is 4. The first-order chi connectivity index (χ1) is 19.5. The minimum absolute atomic E-state index is 0.0186. The standard InChI is InChI=1S/C30H28ClF3N2O4S/c1-17(41(39)40)18-2-4-19(5-3-18)27(16-37)35-29(38)21-7-11-28-22(12-21)14-25(36(28)24-9-10-24)13-20-6-8-23(31)15-26(20)30(32,33)34/h2-8,11-12,14-15,17,24,27,37H,9-10,13,16H2,1H3,(H,35,38)(H,39,40)/p-1/t17-,27+/m1/s1. The molecule has 0 spiro atoms. The molecule has 5 rings (SSSR count). The maximum atomic E-state index is 13.7. The Kier molecular flexibility index (Phi) is 8.29. The Hall–Kier alpha value is -3.18. The second kappa shape index (κ2) is 11.6. The van der Waals surface area contributed by atoms with E-state index in [1.54, 1.807) is 49.4 Å². The number of aromatic nitrogens is 1. The van der Waals surface area contributed by atoms with Gasteiger partial charge < -0.3 is 19.5 Å². The summed E-state index contributed by atoms with van der Waals surface area (Å²) in [6.45, 7) is 1.19. The molecule has 4 aromatic rings. The SMILES string of the molecule is C[C@H](c1ccc([C@H](CO)NC(=O)c2ccc3c(c2)cc(Cc2ccc(Cl)cc2C(F)(F)F)n3C2CC2)cc1)S(=O)[O-]. The van der Waals surface area contributed by atoms with Crippen LogP contribution in [0.1, 0.15) is 75.4 Å². The van der Waals surface area contributed by atoms with Crippen molar-refractivity contribution in [2.75, 3.05) is 6.61 Å². The molecular weight excluding hydrogens is 577 g/mol. The number of hydrogen-bond donors (Lipinski definition) is 2. The van der Waals surface area contributed by atoms with Gasteiger partial charge in [-0.25, -0.2) is 0 Å². The van der Waals surface area contributed by atoms with Gasteiger partial charge in [0.15, 0.2) is 0 Å². The highest BCUT2D eigenvalue weighted by Crippen LogP contribution is 2.41. The van der Waals surface area contributed by atoms with Gasteiger partial charge in [0.05, 0.1) is 18.2 Å². The molecule has 0 saturated heterocycles. The number of hydrogen-bond acceptors (Lipinski definition) is 4. The second-order valence-corrected chi connectivity index (χ2v) is 11.9. The summed E-state index contributed by atoms with van der Waals surface area (Å²) in [4.78, 5) is 13.2. The highest BCUT2D eigenvalue weighted by molar-refractivity contribution is 7.79. The number of fused-ring (bicyclic) bond motifs is 1. The van der Waals surface area contributed by atoms with E-state index in [0.29, 0.717) is 16.7 Å². The summed E-state index contributed by atoms with van der Waals surface area (Å²) in [6.07, 6.45) is -2.64. The normalized spacial score (nSPS) is 16.0. The fourth-order valence-electron chi connectivity index (χ4n) is 5.08. The number of aliphatic hydroxyl groups excluding tert-OH is 1. The van der Waals surface area contributed by atoms with Crippen molar-refractivity contribution >= 4 is 39.5 Å². The highest BCUT2D eigenvalue weighted by atomic mass is 35.5. The zero-order valence-electron chi connectivity index (χ0n) is 22.0. The molecule has 6 nitrogen and oxygen atoms in total. The second-order valence-electron chi connectivity index (χ2n) is 10.3. The van der Waals surface area contributed by atoms with Gasteiger partial charge in [0.1, 0.15) is 0 Å². The number of alkyl halides is 3. The molecule has 1 saturated carbocycles. The van der Waals surface area contributed by atoms with Crippen LogP contribution in [-0.2, 0) is 23.7 Å². The summed E-state index contributed by atoms with van der Waals surface area (Å²) in [5.74, 6) is -0.429. The van der Waals surface area contributed by atoms with Crippen LogP contribution in [0.15, 0.2) is 66.7 Å². The number of aliphatic hydroxyl groups is 1. The molecule has 41 heavy (non-hydrogen) atoms. The average Bonchev–Trinajstić information content (AvgIpc) is 3.71. The number of rotatable bonds is 9. The van der Waals surface area contributed by atoms with Gasteiger partial charge >= 0.3 is 6.18 Å². The Balaban J connectivity index is 1.41. The quantitative estimate of drug-likeness (QED) is 0.210. The van der Waals surface area contributed by atoms with Crippen molar-refractivity contribution in [1.82, 2.24) is 9.88 Å². The lowest BCUT2D eigenvalue weighted by atomic mass is 10.0. The fourth-order valence-corrected chi connectivity index (χ4v) is 5.63. The van der Waals surface area contributed by atoms with Crippen molar-refractivity contribution in [2.45, 2.75) is 49.7 Å². The van der Waals surface area contributed by atoms with E-state index in [1.165, 1.54) is 12.1 Å². The number of nitrogens with one attached hydrogen (secondary N) is 1. The molecule has 216 valence electrons. The van der Waals surface area contributed by atoms with Crippen molar-refractivity contribution in [3.8, 4) is 0 Å². The first-order valence-electron chi connectivity index (χ1n) is 13.1. The van der Waals surface area contributed by atoms with Crippen LogP contribution in [0.3, 0.4) is 0 Å². The Morgan fingerprint density at radius 2 is 1.78 bits per heavy atom. The van der Waals surface area contributed by atoms with Crippen LogP contribution in [0.25, 0.3) is 10.9 Å². The lowest BCUT2D eigenvalue weighted by Gasteiger charge is -2.19. The van der Waals surface area contributed by atoms with Crippen LogP contribution < -0.4 is 5.32 Å². The summed E-state index contributed by atoms with van der Waals surface area (Å²) < 4.78 is 65.8. The van der Waals surface area contributed by atoms with E-state index in [2.05, 4.69) is 9.88 Å². The molecule has 1 aliphatic rings. The Labute approximate surface area is 242 Å². The van der Waals surface area contributed by atoms with Gasteiger partial charge in [0.2, 0.25) is 0 Å². The van der Waals surface area contributed by atoms with E-state index in [4.69, 9.17) is 11.6 Å². The van der Waals surface area contributed by atoms with Crippen LogP contribution in [-0.4, -0.2) is 30.9 Å². The number of amides is 1. The Bertz CT molecular complexity index is 1620. The molecule has 1 unspecified atom stereocenters. The van der Waals surface area contributed by atoms with Crippen molar-refractivity contribution in [2.24, 2.45) is 0 Å². The van der Waals surface area contributed by atoms with Crippen molar-refractivity contribution in [3.63, 3.8) is 0 Å². The van der Waals surface area contributed by atoms with Gasteiger partial charge in [-0.05, 0) is 83.9 Å². The molecule has 11 heteroatoms. The maximum absolute atomic E-state index is 13.7. The predicted octanol–water partition coefficient (Wildman–Crippen LogP) is 6.64. The monoisotopic (exact) mass is 603 g/mol. The van der Waals surface area contributed by atoms with E-state index in [-0.39, 0.29) is 29.7 Å². The molecular formula is C30H27ClF3N2O4S-. The lowest BCUT2D eigenvalue weighted by Crippen LogP contribution is -2.30. The van der Waals surface area contributed by atoms with Gasteiger partial charge in [0, 0.05) is 44.9 Å². The fraction of sp³-hybridized carbons (Fsp3) is 0.300. The molecule has 3 atom stereocenters.